The second-order valence-electron chi connectivity index (χ2n) is 1.37. The Morgan fingerprint density at radius 2 is 2.12 bits per heavy atom. The third-order valence-electron chi connectivity index (χ3n) is 0.665. The lowest BCUT2D eigenvalue weighted by Crippen LogP contribution is -2.30. The molecule has 0 saturated carbocycles. The van der Waals surface area contributed by atoms with Gasteiger partial charge in [0.05, 0.1) is 6.04 Å². The van der Waals surface area contributed by atoms with Gasteiger partial charge in [-0.1, -0.05) is 0 Å². The summed E-state index contributed by atoms with van der Waals surface area (Å²) >= 11 is 0. The molecule has 1 radical (unpaired) electrons. The number of hydrogen-bond donors (Lipinski definition) is 1. The van der Waals surface area contributed by atoms with Crippen molar-refractivity contribution in [2.45, 2.75) is 19.4 Å². The first kappa shape index (κ1) is 7.33. The highest BCUT2D eigenvalue weighted by Gasteiger charge is 2.11. The molecule has 1 atom stereocenters. The maximum Gasteiger partial charge on any atom is 0.309 e. The Hall–Kier alpha value is -0.670. The van der Waals surface area contributed by atoms with Gasteiger partial charge >= 0.3 is 6.41 Å². The van der Waals surface area contributed by atoms with E-state index >= 15 is 0 Å². The summed E-state index contributed by atoms with van der Waals surface area (Å²) in [6.45, 7) is 1.20. The van der Waals surface area contributed by atoms with Crippen LogP contribution in [-0.4, -0.2) is 18.9 Å². The van der Waals surface area contributed by atoms with Gasteiger partial charge < -0.3 is 5.32 Å². The highest BCUT2D eigenvalue weighted by molar-refractivity contribution is 5.47. The first-order valence-corrected chi connectivity index (χ1v) is 2.09. The fraction of sp³-hybridized carbons (Fsp3) is 0.750. The maximum atomic E-state index is 11.4. The predicted octanol–water partition coefficient (Wildman–Crippen LogP) is 0.297. The van der Waals surface area contributed by atoms with Crippen molar-refractivity contribution in [2.75, 3.05) is 0 Å². The zero-order valence-corrected chi connectivity index (χ0v) is 4.32. The lowest BCUT2D eigenvalue weighted by atomic mass is 10.4. The molecule has 1 N–H and O–H groups in total. The third kappa shape index (κ3) is 2.49. The van der Waals surface area contributed by atoms with Crippen molar-refractivity contribution in [3.05, 3.63) is 0 Å². The van der Waals surface area contributed by atoms with E-state index < -0.39 is 12.5 Å². The van der Waals surface area contributed by atoms with E-state index in [1.54, 1.807) is 5.32 Å². The van der Waals surface area contributed by atoms with E-state index in [2.05, 4.69) is 0 Å². The number of hydrogen-bond acceptors (Lipinski definition) is 1. The summed E-state index contributed by atoms with van der Waals surface area (Å²) in [5.41, 5.74) is 0. The quantitative estimate of drug-likeness (QED) is 0.536. The molecule has 0 aliphatic rings. The van der Waals surface area contributed by atoms with Crippen molar-refractivity contribution >= 4 is 6.41 Å². The van der Waals surface area contributed by atoms with Crippen LogP contribution in [0.1, 0.15) is 6.92 Å². The Bertz CT molecular complexity index is 76.4. The van der Waals surface area contributed by atoms with E-state index in [1.807, 2.05) is 0 Å². The van der Waals surface area contributed by atoms with E-state index in [4.69, 9.17) is 0 Å². The smallest absolute Gasteiger partial charge is 0.309 e. The normalized spacial score (nSPS) is 13.5. The van der Waals surface area contributed by atoms with E-state index in [9.17, 15) is 13.6 Å². The molecule has 0 rings (SSSR count). The molecule has 0 aliphatic heterocycles. The molecule has 1 amide bonds. The Morgan fingerprint density at radius 1 is 1.62 bits per heavy atom. The van der Waals surface area contributed by atoms with Crippen LogP contribution in [0.5, 0.6) is 0 Å². The summed E-state index contributed by atoms with van der Waals surface area (Å²) in [6.07, 6.45) is -1.33. The lowest BCUT2D eigenvalue weighted by molar-refractivity contribution is 0.114. The van der Waals surface area contributed by atoms with Crippen molar-refractivity contribution in [3.63, 3.8) is 0 Å². The van der Waals surface area contributed by atoms with Crippen LogP contribution in [0.4, 0.5) is 8.78 Å². The Kier molecular flexibility index (Phi) is 3.07. The van der Waals surface area contributed by atoms with Gasteiger partial charge in [0.2, 0.25) is 0 Å². The van der Waals surface area contributed by atoms with Crippen molar-refractivity contribution < 1.29 is 13.6 Å². The Labute approximate surface area is 45.9 Å². The molecule has 0 aromatic heterocycles. The first-order chi connectivity index (χ1) is 3.68. The van der Waals surface area contributed by atoms with Crippen LogP contribution in [0, 0.1) is 0 Å². The minimum atomic E-state index is -2.50. The van der Waals surface area contributed by atoms with E-state index in [0.29, 0.717) is 0 Å². The van der Waals surface area contributed by atoms with Gasteiger partial charge in [0, 0.05) is 0 Å². The van der Waals surface area contributed by atoms with Crippen molar-refractivity contribution in [1.29, 1.82) is 0 Å². The Morgan fingerprint density at radius 3 is 2.25 bits per heavy atom. The van der Waals surface area contributed by atoms with Gasteiger partial charge in [0.25, 0.3) is 6.43 Å². The summed E-state index contributed by atoms with van der Waals surface area (Å²) in [6, 6.07) is -1.09. The van der Waals surface area contributed by atoms with E-state index in [-0.39, 0.29) is 0 Å². The molecule has 8 heavy (non-hydrogen) atoms. The minimum absolute atomic E-state index is 1.09. The monoisotopic (exact) mass is 122 g/mol. The van der Waals surface area contributed by atoms with Crippen LogP contribution < -0.4 is 5.32 Å². The van der Waals surface area contributed by atoms with Crippen LogP contribution in [0.3, 0.4) is 0 Å². The molecule has 2 nitrogen and oxygen atoms in total. The minimum Gasteiger partial charge on any atom is -0.340 e. The van der Waals surface area contributed by atoms with E-state index in [1.165, 1.54) is 13.3 Å². The number of amides is 1. The average Bonchev–Trinajstić information content (AvgIpc) is 1.67. The number of carbonyl (C=O) groups excluding carboxylic acids is 1. The van der Waals surface area contributed by atoms with Gasteiger partial charge in [0.1, 0.15) is 0 Å². The van der Waals surface area contributed by atoms with Crippen LogP contribution in [0.15, 0.2) is 0 Å². The van der Waals surface area contributed by atoms with Crippen LogP contribution in [-0.2, 0) is 4.79 Å². The highest BCUT2D eigenvalue weighted by Crippen LogP contribution is 1.96. The molecule has 0 aliphatic carbocycles. The highest BCUT2D eigenvalue weighted by atomic mass is 19.3. The lowest BCUT2D eigenvalue weighted by Gasteiger charge is -2.05. The van der Waals surface area contributed by atoms with Gasteiger partial charge in [0.15, 0.2) is 0 Å². The van der Waals surface area contributed by atoms with Gasteiger partial charge in [-0.3, -0.25) is 4.79 Å². The molecule has 0 heterocycles. The molecule has 0 unspecified atom stereocenters. The molecule has 0 fully saturated rings. The molecule has 4 heteroatoms. The summed E-state index contributed by atoms with van der Waals surface area (Å²) in [5.74, 6) is 0. The predicted molar refractivity (Wildman–Crippen MR) is 24.3 cm³/mol. The van der Waals surface area contributed by atoms with Crippen LogP contribution in [0.2, 0.25) is 0 Å². The molecule has 0 saturated heterocycles. The van der Waals surface area contributed by atoms with Crippen molar-refractivity contribution in [1.82, 2.24) is 5.32 Å². The maximum absolute atomic E-state index is 11.4. The van der Waals surface area contributed by atoms with Crippen molar-refractivity contribution in [2.24, 2.45) is 0 Å². The third-order valence-corrected chi connectivity index (χ3v) is 0.665. The molecule has 0 aromatic carbocycles. The fourth-order valence-corrected chi connectivity index (χ4v) is 0.156. The number of alkyl halides is 2. The molecule has 0 bridgehead atoms. The summed E-state index contributed by atoms with van der Waals surface area (Å²) in [4.78, 5) is 9.35. The molecular weight excluding hydrogens is 116 g/mol. The second-order valence-corrected chi connectivity index (χ2v) is 1.37. The van der Waals surface area contributed by atoms with Crippen molar-refractivity contribution in [3.8, 4) is 0 Å². The standard InChI is InChI=1S/C4H6F2NO/c1-3(4(5)6)7-2-8/h3-4H,1H3,(H,7,8)/t3-/m0/s1. The number of rotatable bonds is 3. The fourth-order valence-electron chi connectivity index (χ4n) is 0.156. The van der Waals surface area contributed by atoms with E-state index in [0.717, 1.165) is 0 Å². The van der Waals surface area contributed by atoms with Gasteiger partial charge in [-0.15, -0.1) is 0 Å². The number of nitrogens with one attached hydrogen (secondary N) is 1. The summed E-state index contributed by atoms with van der Waals surface area (Å²) in [5, 5.41) is 1.79. The zero-order chi connectivity index (χ0) is 6.57. The molecule has 0 spiro atoms. The molecule has 47 valence electrons. The topological polar surface area (TPSA) is 29.1 Å². The van der Waals surface area contributed by atoms with Gasteiger partial charge in [-0.2, -0.15) is 0 Å². The molecular formula is C4H6F2NO. The summed E-state index contributed by atoms with van der Waals surface area (Å²) in [7, 11) is 0. The van der Waals surface area contributed by atoms with Gasteiger partial charge in [-0.25, -0.2) is 8.78 Å². The second kappa shape index (κ2) is 3.35. The number of halogens is 2. The average molecular weight is 122 g/mol. The Balaban J connectivity index is 3.30. The van der Waals surface area contributed by atoms with Crippen LogP contribution in [0.25, 0.3) is 0 Å². The summed E-state index contributed by atoms with van der Waals surface area (Å²) < 4.78 is 22.7. The zero-order valence-electron chi connectivity index (χ0n) is 4.32. The largest absolute Gasteiger partial charge is 0.340 e. The SMILES string of the molecule is C[C@H](N[C]=O)C(F)F. The molecule has 0 aromatic rings. The van der Waals surface area contributed by atoms with Crippen LogP contribution >= 0.6 is 0 Å². The first-order valence-electron chi connectivity index (χ1n) is 2.09. The van der Waals surface area contributed by atoms with Gasteiger partial charge in [-0.05, 0) is 6.92 Å².